The van der Waals surface area contributed by atoms with Crippen LogP contribution >= 0.6 is 23.4 Å². The standard InChI is InChI=1S/C23H24ClN5OS/c1-4-5-15-31-23-26-25-21(18-13-9-10-14-19(18)24)28(23)20-16(2)27(3)29(22(20)30)17-11-7-6-8-12-17/h6-14H,4-5,15H2,1-3H3. The van der Waals surface area contributed by atoms with E-state index in [0.29, 0.717) is 21.7 Å². The number of rotatable bonds is 7. The summed E-state index contributed by atoms with van der Waals surface area (Å²) in [5, 5.41) is 10.1. The van der Waals surface area contributed by atoms with Crippen molar-refractivity contribution >= 4 is 23.4 Å². The molecule has 160 valence electrons. The van der Waals surface area contributed by atoms with Gasteiger partial charge in [-0.05, 0) is 37.6 Å². The lowest BCUT2D eigenvalue weighted by Gasteiger charge is -2.10. The summed E-state index contributed by atoms with van der Waals surface area (Å²) in [5.74, 6) is 1.46. The molecule has 2 aromatic heterocycles. The molecule has 0 amide bonds. The molecule has 6 nitrogen and oxygen atoms in total. The molecule has 0 N–H and O–H groups in total. The summed E-state index contributed by atoms with van der Waals surface area (Å²) in [6.45, 7) is 4.09. The van der Waals surface area contributed by atoms with Crippen LogP contribution in [0, 0.1) is 6.92 Å². The first-order valence-corrected chi connectivity index (χ1v) is 11.6. The van der Waals surface area contributed by atoms with Crippen molar-refractivity contribution in [1.29, 1.82) is 0 Å². The van der Waals surface area contributed by atoms with Gasteiger partial charge in [-0.2, -0.15) is 0 Å². The van der Waals surface area contributed by atoms with Crippen LogP contribution in [0.5, 0.6) is 0 Å². The second kappa shape index (κ2) is 9.16. The van der Waals surface area contributed by atoms with Crippen LogP contribution in [0.3, 0.4) is 0 Å². The first-order valence-electron chi connectivity index (χ1n) is 10.2. The zero-order chi connectivity index (χ0) is 22.0. The number of para-hydroxylation sites is 1. The molecule has 4 rings (SSSR count). The molecule has 0 radical (unpaired) electrons. The Hall–Kier alpha value is -2.77. The van der Waals surface area contributed by atoms with Gasteiger partial charge in [0, 0.05) is 18.4 Å². The Balaban J connectivity index is 1.96. The fourth-order valence-corrected chi connectivity index (χ4v) is 4.74. The zero-order valence-electron chi connectivity index (χ0n) is 17.7. The van der Waals surface area contributed by atoms with Gasteiger partial charge in [0.15, 0.2) is 11.0 Å². The molecule has 2 heterocycles. The normalized spacial score (nSPS) is 11.2. The van der Waals surface area contributed by atoms with Crippen LogP contribution in [0.15, 0.2) is 64.5 Å². The van der Waals surface area contributed by atoms with Gasteiger partial charge in [-0.1, -0.05) is 67.0 Å². The minimum Gasteiger partial charge on any atom is -0.283 e. The molecule has 0 atom stereocenters. The van der Waals surface area contributed by atoms with Crippen molar-refractivity contribution in [3.05, 3.63) is 75.7 Å². The van der Waals surface area contributed by atoms with E-state index in [4.69, 9.17) is 11.6 Å². The highest BCUT2D eigenvalue weighted by Crippen LogP contribution is 2.32. The van der Waals surface area contributed by atoms with Crippen molar-refractivity contribution in [3.63, 3.8) is 0 Å². The van der Waals surface area contributed by atoms with Gasteiger partial charge < -0.3 is 0 Å². The van der Waals surface area contributed by atoms with Gasteiger partial charge >= 0.3 is 0 Å². The van der Waals surface area contributed by atoms with E-state index in [2.05, 4.69) is 17.1 Å². The number of halogens is 1. The van der Waals surface area contributed by atoms with Gasteiger partial charge in [0.2, 0.25) is 0 Å². The van der Waals surface area contributed by atoms with E-state index in [1.54, 1.807) is 16.4 Å². The number of nitrogens with zero attached hydrogens (tertiary/aromatic N) is 5. The van der Waals surface area contributed by atoms with Gasteiger partial charge in [-0.3, -0.25) is 14.0 Å². The van der Waals surface area contributed by atoms with E-state index in [9.17, 15) is 4.79 Å². The SMILES string of the molecule is CCCCSc1nnc(-c2ccccc2Cl)n1-c1c(C)n(C)n(-c2ccccc2)c1=O. The van der Waals surface area contributed by atoms with Gasteiger partial charge in [-0.25, -0.2) is 4.68 Å². The number of aromatic nitrogens is 5. The Morgan fingerprint density at radius 3 is 2.45 bits per heavy atom. The Labute approximate surface area is 190 Å². The van der Waals surface area contributed by atoms with E-state index in [1.165, 1.54) is 0 Å². The van der Waals surface area contributed by atoms with Gasteiger partial charge in [0.1, 0.15) is 5.69 Å². The van der Waals surface area contributed by atoms with Crippen LogP contribution in [0.1, 0.15) is 25.5 Å². The quantitative estimate of drug-likeness (QED) is 0.282. The number of benzene rings is 2. The van der Waals surface area contributed by atoms with E-state index in [0.717, 1.165) is 35.5 Å². The molecule has 0 saturated heterocycles. The Kier molecular flexibility index (Phi) is 6.34. The van der Waals surface area contributed by atoms with Crippen LogP contribution < -0.4 is 5.56 Å². The zero-order valence-corrected chi connectivity index (χ0v) is 19.3. The lowest BCUT2D eigenvalue weighted by molar-refractivity contribution is 0.630. The van der Waals surface area contributed by atoms with Crippen molar-refractivity contribution < 1.29 is 0 Å². The summed E-state index contributed by atoms with van der Waals surface area (Å²) in [6, 6.07) is 17.1. The second-order valence-electron chi connectivity index (χ2n) is 7.23. The molecule has 4 aromatic rings. The largest absolute Gasteiger partial charge is 0.296 e. The van der Waals surface area contributed by atoms with Crippen LogP contribution in [0.2, 0.25) is 5.02 Å². The maximum Gasteiger partial charge on any atom is 0.296 e. The van der Waals surface area contributed by atoms with Gasteiger partial charge in [0.25, 0.3) is 5.56 Å². The number of hydrogen-bond acceptors (Lipinski definition) is 4. The minimum atomic E-state index is -0.128. The smallest absolute Gasteiger partial charge is 0.283 e. The molecule has 0 fully saturated rings. The summed E-state index contributed by atoms with van der Waals surface area (Å²) in [6.07, 6.45) is 2.14. The topological polar surface area (TPSA) is 57.6 Å². The summed E-state index contributed by atoms with van der Waals surface area (Å²) in [7, 11) is 1.89. The first-order chi connectivity index (χ1) is 15.0. The third-order valence-corrected chi connectivity index (χ3v) is 6.57. The highest BCUT2D eigenvalue weighted by Gasteiger charge is 2.25. The average molecular weight is 454 g/mol. The monoisotopic (exact) mass is 453 g/mol. The molecule has 0 spiro atoms. The molecular formula is C23H24ClN5OS. The van der Waals surface area contributed by atoms with Gasteiger partial charge in [0.05, 0.1) is 16.4 Å². The van der Waals surface area contributed by atoms with Crippen LogP contribution in [-0.2, 0) is 7.05 Å². The molecular weight excluding hydrogens is 430 g/mol. The summed E-state index contributed by atoms with van der Waals surface area (Å²) >= 11 is 8.09. The molecule has 0 aliphatic rings. The fraction of sp³-hybridized carbons (Fsp3) is 0.261. The van der Waals surface area contributed by atoms with E-state index in [1.807, 2.05) is 77.8 Å². The van der Waals surface area contributed by atoms with E-state index in [-0.39, 0.29) is 5.56 Å². The van der Waals surface area contributed by atoms with Crippen molar-refractivity contribution in [2.24, 2.45) is 7.05 Å². The Bertz CT molecular complexity index is 1260. The number of thioether (sulfide) groups is 1. The van der Waals surface area contributed by atoms with Gasteiger partial charge in [-0.15, -0.1) is 10.2 Å². The van der Waals surface area contributed by atoms with Crippen molar-refractivity contribution in [1.82, 2.24) is 24.1 Å². The predicted molar refractivity (Wildman–Crippen MR) is 127 cm³/mol. The highest BCUT2D eigenvalue weighted by atomic mass is 35.5. The molecule has 0 saturated carbocycles. The van der Waals surface area contributed by atoms with E-state index >= 15 is 0 Å². The average Bonchev–Trinajstić information content (AvgIpc) is 3.27. The minimum absolute atomic E-state index is 0.128. The van der Waals surface area contributed by atoms with Crippen LogP contribution in [-0.4, -0.2) is 29.9 Å². The van der Waals surface area contributed by atoms with Crippen molar-refractivity contribution in [3.8, 4) is 22.8 Å². The maximum absolute atomic E-state index is 13.7. The van der Waals surface area contributed by atoms with Crippen molar-refractivity contribution in [2.45, 2.75) is 31.8 Å². The fourth-order valence-electron chi connectivity index (χ4n) is 3.50. The molecule has 31 heavy (non-hydrogen) atoms. The predicted octanol–water partition coefficient (Wildman–Crippen LogP) is 5.28. The maximum atomic E-state index is 13.7. The lowest BCUT2D eigenvalue weighted by atomic mass is 10.2. The summed E-state index contributed by atoms with van der Waals surface area (Å²) in [5.41, 5.74) is 2.77. The van der Waals surface area contributed by atoms with Crippen LogP contribution in [0.25, 0.3) is 22.8 Å². The highest BCUT2D eigenvalue weighted by molar-refractivity contribution is 7.99. The Morgan fingerprint density at radius 2 is 1.74 bits per heavy atom. The van der Waals surface area contributed by atoms with Crippen LogP contribution in [0.4, 0.5) is 0 Å². The second-order valence-corrected chi connectivity index (χ2v) is 8.70. The molecule has 0 bridgehead atoms. The molecule has 8 heteroatoms. The summed E-state index contributed by atoms with van der Waals surface area (Å²) < 4.78 is 5.39. The number of hydrogen-bond donors (Lipinski definition) is 0. The third kappa shape index (κ3) is 3.95. The van der Waals surface area contributed by atoms with Crippen molar-refractivity contribution in [2.75, 3.05) is 5.75 Å². The molecule has 0 aliphatic carbocycles. The third-order valence-electron chi connectivity index (χ3n) is 5.22. The van der Waals surface area contributed by atoms with E-state index < -0.39 is 0 Å². The number of unbranched alkanes of at least 4 members (excludes halogenated alkanes) is 1. The first kappa shape index (κ1) is 21.5. The molecule has 0 unspecified atom stereocenters. The molecule has 2 aromatic carbocycles. The molecule has 0 aliphatic heterocycles. The summed E-state index contributed by atoms with van der Waals surface area (Å²) in [4.78, 5) is 13.7. The Morgan fingerprint density at radius 1 is 1.03 bits per heavy atom. The lowest BCUT2D eigenvalue weighted by Crippen LogP contribution is -2.21.